The molecule has 1 saturated heterocycles. The first-order valence-electron chi connectivity index (χ1n) is 12.4. The summed E-state index contributed by atoms with van der Waals surface area (Å²) in [6, 6.07) is 14.5. The number of ether oxygens (including phenoxy) is 1. The predicted molar refractivity (Wildman–Crippen MR) is 139 cm³/mol. The number of aromatic amines is 1. The Morgan fingerprint density at radius 1 is 1.11 bits per heavy atom. The van der Waals surface area contributed by atoms with Gasteiger partial charge in [-0.25, -0.2) is 8.78 Å². The Kier molecular flexibility index (Phi) is 6.06. The van der Waals surface area contributed by atoms with Crippen molar-refractivity contribution in [3.05, 3.63) is 94.1 Å². The molecule has 0 amide bonds. The van der Waals surface area contributed by atoms with Crippen LogP contribution < -0.4 is 10.4 Å². The largest absolute Gasteiger partial charge is 0.488 e. The number of imidazole rings is 1. The summed E-state index contributed by atoms with van der Waals surface area (Å²) in [6.45, 7) is 1.47. The molecule has 1 fully saturated rings. The van der Waals surface area contributed by atoms with E-state index in [1.807, 2.05) is 42.1 Å². The lowest BCUT2D eigenvalue weighted by atomic mass is 9.92. The lowest BCUT2D eigenvalue weighted by Crippen LogP contribution is -2.44. The number of aliphatic hydroxyl groups excluding tert-OH is 1. The highest BCUT2D eigenvalue weighted by Gasteiger charge is 2.29. The van der Waals surface area contributed by atoms with Crippen LogP contribution in [0.15, 0.2) is 59.6 Å². The number of halogens is 2. The van der Waals surface area contributed by atoms with Crippen LogP contribution in [0.2, 0.25) is 0 Å². The standard InChI is InChI=1S/C29H25F2N5O2/c1-35-9-8-26(27(37)14-35)36-25-7-2-17(11-24(25)34-29(36)33-16-32)10-23-21-5-3-19(30)12-18(21)15-38-28-13-20(31)4-6-22(23)28/h2-7,10-13,26-27,37H,8-9,14-15H2,1H3,(H,33,34)/t26-,27-/m1/s1. The van der Waals surface area contributed by atoms with E-state index in [4.69, 9.17) is 4.74 Å². The van der Waals surface area contributed by atoms with Gasteiger partial charge in [0.1, 0.15) is 24.0 Å². The molecular weight excluding hydrogens is 488 g/mol. The van der Waals surface area contributed by atoms with Crippen molar-refractivity contribution in [3.8, 4) is 11.9 Å². The van der Waals surface area contributed by atoms with Crippen LogP contribution in [0.1, 0.15) is 34.7 Å². The second kappa shape index (κ2) is 9.56. The van der Waals surface area contributed by atoms with Crippen molar-refractivity contribution in [2.75, 3.05) is 20.1 Å². The zero-order chi connectivity index (χ0) is 26.4. The molecule has 0 saturated carbocycles. The molecule has 0 bridgehead atoms. The van der Waals surface area contributed by atoms with E-state index in [2.05, 4.69) is 14.9 Å². The number of aliphatic hydroxyl groups is 1. The fourth-order valence-corrected chi connectivity index (χ4v) is 5.50. The van der Waals surface area contributed by atoms with Crippen LogP contribution in [0.4, 0.5) is 8.78 Å². The molecule has 2 atom stereocenters. The monoisotopic (exact) mass is 513 g/mol. The Balaban J connectivity index is 1.51. The molecule has 9 heteroatoms. The molecule has 0 spiro atoms. The molecule has 1 aromatic heterocycles. The van der Waals surface area contributed by atoms with Gasteiger partial charge in [0.15, 0.2) is 0 Å². The maximum absolute atomic E-state index is 14.1. The van der Waals surface area contributed by atoms with Crippen LogP contribution in [0.25, 0.3) is 22.7 Å². The minimum atomic E-state index is -0.605. The van der Waals surface area contributed by atoms with Crippen molar-refractivity contribution >= 4 is 22.7 Å². The molecule has 4 aromatic rings. The Labute approximate surface area is 217 Å². The molecule has 6 rings (SSSR count). The predicted octanol–water partition coefficient (Wildman–Crippen LogP) is 4.35. The number of β-amino-alcohol motifs (C(OH)–C–C–N with tert-alkyl or cyclic N) is 1. The molecule has 0 aliphatic carbocycles. The first-order valence-corrected chi connectivity index (χ1v) is 12.4. The van der Waals surface area contributed by atoms with Gasteiger partial charge < -0.3 is 24.3 Å². The summed E-state index contributed by atoms with van der Waals surface area (Å²) < 4.78 is 35.9. The van der Waals surface area contributed by atoms with Crippen molar-refractivity contribution < 1.29 is 18.6 Å². The summed E-state index contributed by atoms with van der Waals surface area (Å²) in [5.74, 6) is -0.397. The van der Waals surface area contributed by atoms with E-state index in [1.54, 1.807) is 12.1 Å². The third-order valence-corrected chi connectivity index (χ3v) is 7.28. The van der Waals surface area contributed by atoms with Crippen molar-refractivity contribution in [2.24, 2.45) is 4.99 Å². The van der Waals surface area contributed by atoms with Gasteiger partial charge in [0.2, 0.25) is 11.8 Å². The third kappa shape index (κ3) is 4.28. The molecule has 0 radical (unpaired) electrons. The zero-order valence-corrected chi connectivity index (χ0v) is 20.7. The number of nitriles is 1. The van der Waals surface area contributed by atoms with Gasteiger partial charge in [-0.1, -0.05) is 12.1 Å². The van der Waals surface area contributed by atoms with E-state index in [1.165, 1.54) is 24.3 Å². The van der Waals surface area contributed by atoms with Crippen LogP contribution in [-0.2, 0) is 6.61 Å². The van der Waals surface area contributed by atoms with Gasteiger partial charge in [-0.15, -0.1) is 4.99 Å². The number of piperidine rings is 1. The number of H-pyrrole nitrogens is 1. The van der Waals surface area contributed by atoms with Crippen LogP contribution in [0, 0.1) is 23.1 Å². The van der Waals surface area contributed by atoms with E-state index in [-0.39, 0.29) is 18.5 Å². The van der Waals surface area contributed by atoms with Gasteiger partial charge in [-0.05, 0) is 72.6 Å². The van der Waals surface area contributed by atoms with Crippen molar-refractivity contribution in [1.82, 2.24) is 14.5 Å². The molecule has 0 unspecified atom stereocenters. The van der Waals surface area contributed by atoms with E-state index < -0.39 is 11.9 Å². The number of nitrogens with one attached hydrogen (secondary N) is 1. The molecule has 3 heterocycles. The minimum absolute atomic E-state index is 0.120. The van der Waals surface area contributed by atoms with E-state index in [9.17, 15) is 19.1 Å². The molecule has 38 heavy (non-hydrogen) atoms. The SMILES string of the molecule is CN1CC[C@@H](n2c(=NC#N)[nH]c3cc(C=C4c5ccc(F)cc5COc5cc(F)ccc54)ccc32)[C@H](O)C1. The van der Waals surface area contributed by atoms with Crippen LogP contribution in [-0.4, -0.2) is 45.8 Å². The summed E-state index contributed by atoms with van der Waals surface area (Å²) >= 11 is 0. The topological polar surface area (TPSA) is 89.6 Å². The number of fused-ring (bicyclic) bond motifs is 3. The number of hydrogen-bond acceptors (Lipinski definition) is 5. The van der Waals surface area contributed by atoms with E-state index in [0.29, 0.717) is 29.0 Å². The normalized spacial score (nSPS) is 21.0. The van der Waals surface area contributed by atoms with E-state index in [0.717, 1.165) is 40.7 Å². The molecule has 2 aliphatic rings. The summed E-state index contributed by atoms with van der Waals surface area (Å²) in [4.78, 5) is 9.30. The smallest absolute Gasteiger partial charge is 0.219 e. The lowest BCUT2D eigenvalue weighted by Gasteiger charge is -2.34. The third-order valence-electron chi connectivity index (χ3n) is 7.28. The Morgan fingerprint density at radius 2 is 1.89 bits per heavy atom. The first kappa shape index (κ1) is 24.1. The minimum Gasteiger partial charge on any atom is -0.488 e. The average Bonchev–Trinajstić information content (AvgIpc) is 3.16. The van der Waals surface area contributed by atoms with Gasteiger partial charge >= 0.3 is 0 Å². The van der Waals surface area contributed by atoms with Crippen molar-refractivity contribution in [2.45, 2.75) is 25.2 Å². The van der Waals surface area contributed by atoms with Gasteiger partial charge in [0.25, 0.3) is 0 Å². The number of rotatable bonds is 2. The maximum atomic E-state index is 14.1. The number of hydrogen-bond donors (Lipinski definition) is 2. The fourth-order valence-electron chi connectivity index (χ4n) is 5.50. The van der Waals surface area contributed by atoms with Crippen molar-refractivity contribution in [1.29, 1.82) is 5.26 Å². The molecule has 192 valence electrons. The van der Waals surface area contributed by atoms with E-state index >= 15 is 0 Å². The summed E-state index contributed by atoms with van der Waals surface area (Å²) in [5.41, 5.74) is 5.73. The highest BCUT2D eigenvalue weighted by molar-refractivity contribution is 5.95. The maximum Gasteiger partial charge on any atom is 0.219 e. The van der Waals surface area contributed by atoms with Gasteiger partial charge in [-0.2, -0.15) is 5.26 Å². The highest BCUT2D eigenvalue weighted by Crippen LogP contribution is 2.39. The summed E-state index contributed by atoms with van der Waals surface area (Å²) in [7, 11) is 1.97. The van der Waals surface area contributed by atoms with Gasteiger partial charge in [-0.3, -0.25) is 0 Å². The number of nitrogens with zero attached hydrogens (tertiary/aromatic N) is 4. The number of likely N-dealkylation sites (tertiary alicyclic amines) is 1. The van der Waals surface area contributed by atoms with Crippen LogP contribution >= 0.6 is 0 Å². The number of aromatic nitrogens is 2. The summed E-state index contributed by atoms with van der Waals surface area (Å²) in [5, 5.41) is 20.1. The summed E-state index contributed by atoms with van der Waals surface area (Å²) in [6.07, 6.45) is 3.93. The second-order valence-corrected chi connectivity index (χ2v) is 9.78. The molecule has 3 aromatic carbocycles. The average molecular weight is 514 g/mol. The highest BCUT2D eigenvalue weighted by atomic mass is 19.1. The Morgan fingerprint density at radius 3 is 2.68 bits per heavy atom. The molecular formula is C29H25F2N5O2. The molecule has 2 aliphatic heterocycles. The Bertz CT molecular complexity index is 1640. The van der Waals surface area contributed by atoms with Crippen molar-refractivity contribution in [3.63, 3.8) is 0 Å². The van der Waals surface area contributed by atoms with Gasteiger partial charge in [0.05, 0.1) is 23.2 Å². The van der Waals surface area contributed by atoms with Gasteiger partial charge in [0, 0.05) is 30.3 Å². The fraction of sp³-hybridized carbons (Fsp3) is 0.241. The first-order chi connectivity index (χ1) is 18.4. The van der Waals surface area contributed by atoms with Crippen LogP contribution in [0.3, 0.4) is 0 Å². The second-order valence-electron chi connectivity index (χ2n) is 9.78. The lowest BCUT2D eigenvalue weighted by molar-refractivity contribution is 0.0381. The number of likely N-dealkylation sites (N-methyl/N-ethyl adjacent to an activating group) is 1. The Hall–Kier alpha value is -4.26. The molecule has 7 nitrogen and oxygen atoms in total. The zero-order valence-electron chi connectivity index (χ0n) is 20.7. The molecule has 2 N–H and O–H groups in total. The number of benzene rings is 3. The quantitative estimate of drug-likeness (QED) is 0.390. The van der Waals surface area contributed by atoms with Crippen LogP contribution in [0.5, 0.6) is 5.75 Å².